The number of carboxylic acids is 1. The molecule has 0 spiro atoms. The maximum atomic E-state index is 11.9. The van der Waals surface area contributed by atoms with E-state index in [1.165, 1.54) is 19.2 Å². The molecule has 8 heteroatoms. The molecule has 18 heavy (non-hydrogen) atoms. The molecule has 1 rings (SSSR count). The lowest BCUT2D eigenvalue weighted by atomic mass is 10.4. The van der Waals surface area contributed by atoms with E-state index in [9.17, 15) is 13.2 Å². The van der Waals surface area contributed by atoms with E-state index in [4.69, 9.17) is 9.84 Å². The number of nitrogens with zero attached hydrogens (tertiary/aromatic N) is 1. The number of rotatable bonds is 6. The second kappa shape index (κ2) is 5.78. The number of hydrogen-bond donors (Lipinski definition) is 2. The van der Waals surface area contributed by atoms with Crippen LogP contribution in [-0.4, -0.2) is 37.1 Å². The fraction of sp³-hybridized carbons (Fsp3) is 0.400. The Kier molecular flexibility index (Phi) is 4.62. The Bertz CT molecular complexity index is 529. The van der Waals surface area contributed by atoms with Gasteiger partial charge < -0.3 is 9.84 Å². The van der Waals surface area contributed by atoms with Crippen LogP contribution >= 0.6 is 0 Å². The highest BCUT2D eigenvalue weighted by Crippen LogP contribution is 2.22. The highest BCUT2D eigenvalue weighted by molar-refractivity contribution is 7.89. The van der Waals surface area contributed by atoms with Gasteiger partial charge in [0.05, 0.1) is 12.8 Å². The number of carbonyl (C=O) groups is 1. The first kappa shape index (κ1) is 14.4. The number of hydrogen-bond acceptors (Lipinski definition) is 5. The molecule has 0 aliphatic heterocycles. The van der Waals surface area contributed by atoms with Gasteiger partial charge in [-0.05, 0) is 19.9 Å². The number of pyridine rings is 1. The predicted molar refractivity (Wildman–Crippen MR) is 62.8 cm³/mol. The van der Waals surface area contributed by atoms with Crippen molar-refractivity contribution in [3.05, 3.63) is 18.5 Å². The van der Waals surface area contributed by atoms with E-state index in [0.29, 0.717) is 6.61 Å². The minimum absolute atomic E-state index is 0.137. The first-order valence-corrected chi connectivity index (χ1v) is 6.68. The Labute approximate surface area is 105 Å². The first-order chi connectivity index (χ1) is 8.38. The van der Waals surface area contributed by atoms with Crippen molar-refractivity contribution in [1.82, 2.24) is 9.71 Å². The fourth-order valence-corrected chi connectivity index (χ4v) is 2.48. The average Bonchev–Trinajstić information content (AvgIpc) is 2.29. The molecular formula is C10H14N2O5S. The summed E-state index contributed by atoms with van der Waals surface area (Å²) in [6.45, 7) is 3.24. The van der Waals surface area contributed by atoms with Gasteiger partial charge >= 0.3 is 5.97 Å². The van der Waals surface area contributed by atoms with Crippen molar-refractivity contribution in [2.24, 2.45) is 0 Å². The van der Waals surface area contributed by atoms with Gasteiger partial charge in [0.15, 0.2) is 0 Å². The van der Waals surface area contributed by atoms with Crippen LogP contribution in [0.3, 0.4) is 0 Å². The summed E-state index contributed by atoms with van der Waals surface area (Å²) in [7, 11) is -3.98. The van der Waals surface area contributed by atoms with Crippen molar-refractivity contribution in [1.29, 1.82) is 0 Å². The third-order valence-corrected chi connectivity index (χ3v) is 3.59. The van der Waals surface area contributed by atoms with Gasteiger partial charge in [-0.1, -0.05) is 0 Å². The Balaban J connectivity index is 3.08. The van der Waals surface area contributed by atoms with E-state index < -0.39 is 22.0 Å². The van der Waals surface area contributed by atoms with Crippen LogP contribution in [0.4, 0.5) is 0 Å². The molecule has 0 amide bonds. The van der Waals surface area contributed by atoms with Crippen molar-refractivity contribution < 1.29 is 23.1 Å². The van der Waals surface area contributed by atoms with E-state index in [1.54, 1.807) is 6.92 Å². The lowest BCUT2D eigenvalue weighted by Crippen LogP contribution is -2.38. The smallest absolute Gasteiger partial charge is 0.321 e. The van der Waals surface area contributed by atoms with Crippen LogP contribution in [0.25, 0.3) is 0 Å². The second-order valence-corrected chi connectivity index (χ2v) is 5.12. The Morgan fingerprint density at radius 3 is 2.83 bits per heavy atom. The van der Waals surface area contributed by atoms with Crippen LogP contribution in [0.15, 0.2) is 23.4 Å². The van der Waals surface area contributed by atoms with E-state index in [2.05, 4.69) is 4.98 Å². The van der Waals surface area contributed by atoms with E-state index in [0.717, 1.165) is 6.20 Å². The average molecular weight is 274 g/mol. The molecule has 1 heterocycles. The summed E-state index contributed by atoms with van der Waals surface area (Å²) in [5.74, 6) is -1.13. The molecule has 0 saturated heterocycles. The summed E-state index contributed by atoms with van der Waals surface area (Å²) < 4.78 is 31.1. The summed E-state index contributed by atoms with van der Waals surface area (Å²) >= 11 is 0. The van der Waals surface area contributed by atoms with Crippen molar-refractivity contribution in [2.45, 2.75) is 24.8 Å². The summed E-state index contributed by atoms with van der Waals surface area (Å²) in [4.78, 5) is 14.2. The fourth-order valence-electron chi connectivity index (χ4n) is 1.19. The zero-order valence-electron chi connectivity index (χ0n) is 9.95. The summed E-state index contributed by atoms with van der Waals surface area (Å²) in [5.41, 5.74) is 0. The SMILES string of the molecule is CCOc1ccncc1S(=O)(=O)N[C@@H](C)C(=O)O. The molecule has 0 saturated carbocycles. The van der Waals surface area contributed by atoms with Gasteiger partial charge in [-0.25, -0.2) is 8.42 Å². The molecule has 0 fully saturated rings. The Morgan fingerprint density at radius 1 is 1.61 bits per heavy atom. The second-order valence-electron chi connectivity index (χ2n) is 3.44. The maximum absolute atomic E-state index is 11.9. The van der Waals surface area contributed by atoms with Gasteiger partial charge in [0.1, 0.15) is 16.7 Å². The number of aromatic nitrogens is 1. The quantitative estimate of drug-likeness (QED) is 0.769. The summed E-state index contributed by atoms with van der Waals surface area (Å²) in [6, 6.07) is 0.174. The molecule has 1 aromatic heterocycles. The third-order valence-electron chi connectivity index (χ3n) is 2.04. The standard InChI is InChI=1S/C10H14N2O5S/c1-3-17-8-4-5-11-6-9(8)18(15,16)12-7(2)10(13)14/h4-7,12H,3H2,1-2H3,(H,13,14)/t7-/m0/s1. The minimum Gasteiger partial charge on any atom is -0.492 e. The largest absolute Gasteiger partial charge is 0.492 e. The van der Waals surface area contributed by atoms with Crippen LogP contribution in [0.2, 0.25) is 0 Å². The molecule has 0 bridgehead atoms. The number of nitrogens with one attached hydrogen (secondary N) is 1. The molecule has 1 atom stereocenters. The van der Waals surface area contributed by atoms with Crippen molar-refractivity contribution in [3.63, 3.8) is 0 Å². The lowest BCUT2D eigenvalue weighted by molar-refractivity contribution is -0.138. The Morgan fingerprint density at radius 2 is 2.28 bits per heavy atom. The van der Waals surface area contributed by atoms with Crippen LogP contribution in [0.5, 0.6) is 5.75 Å². The van der Waals surface area contributed by atoms with Crippen LogP contribution in [-0.2, 0) is 14.8 Å². The van der Waals surface area contributed by atoms with Crippen molar-refractivity contribution >= 4 is 16.0 Å². The molecular weight excluding hydrogens is 260 g/mol. The molecule has 2 N–H and O–H groups in total. The van der Waals surface area contributed by atoms with Gasteiger partial charge in [-0.15, -0.1) is 0 Å². The number of sulfonamides is 1. The highest BCUT2D eigenvalue weighted by Gasteiger charge is 2.24. The van der Waals surface area contributed by atoms with Gasteiger partial charge in [0.25, 0.3) is 0 Å². The van der Waals surface area contributed by atoms with Gasteiger partial charge in [-0.2, -0.15) is 4.72 Å². The van der Waals surface area contributed by atoms with Crippen LogP contribution < -0.4 is 9.46 Å². The van der Waals surface area contributed by atoms with Crippen LogP contribution in [0, 0.1) is 0 Å². The topological polar surface area (TPSA) is 106 Å². The molecule has 0 aromatic carbocycles. The minimum atomic E-state index is -3.98. The number of carboxylic acid groups (broad SMARTS) is 1. The number of ether oxygens (including phenoxy) is 1. The van der Waals surface area contributed by atoms with Crippen LogP contribution in [0.1, 0.15) is 13.8 Å². The molecule has 0 aliphatic rings. The third kappa shape index (κ3) is 3.41. The van der Waals surface area contributed by atoms with Crippen molar-refractivity contribution in [2.75, 3.05) is 6.61 Å². The van der Waals surface area contributed by atoms with Gasteiger partial charge in [0, 0.05) is 6.20 Å². The van der Waals surface area contributed by atoms with Crippen molar-refractivity contribution in [3.8, 4) is 5.75 Å². The normalized spacial score (nSPS) is 13.0. The van der Waals surface area contributed by atoms with E-state index >= 15 is 0 Å². The first-order valence-electron chi connectivity index (χ1n) is 5.20. The molecule has 100 valence electrons. The van der Waals surface area contributed by atoms with Gasteiger partial charge in [0.2, 0.25) is 10.0 Å². The molecule has 1 aromatic rings. The zero-order chi connectivity index (χ0) is 13.8. The molecule has 7 nitrogen and oxygen atoms in total. The van der Waals surface area contributed by atoms with E-state index in [1.807, 2.05) is 4.72 Å². The maximum Gasteiger partial charge on any atom is 0.321 e. The summed E-state index contributed by atoms with van der Waals surface area (Å²) in [6.07, 6.45) is 2.51. The molecule has 0 aliphatic carbocycles. The number of aliphatic carboxylic acids is 1. The zero-order valence-corrected chi connectivity index (χ0v) is 10.8. The van der Waals surface area contributed by atoms with E-state index in [-0.39, 0.29) is 10.6 Å². The molecule has 0 radical (unpaired) electrons. The lowest BCUT2D eigenvalue weighted by Gasteiger charge is -2.13. The predicted octanol–water partition coefficient (Wildman–Crippen LogP) is 0.232. The van der Waals surface area contributed by atoms with Gasteiger partial charge in [-0.3, -0.25) is 9.78 Å². The highest BCUT2D eigenvalue weighted by atomic mass is 32.2. The molecule has 0 unspecified atom stereocenters. The Hall–Kier alpha value is -1.67. The summed E-state index contributed by atoms with van der Waals surface area (Å²) in [5, 5.41) is 8.69. The monoisotopic (exact) mass is 274 g/mol.